The first kappa shape index (κ1) is 37.3. The number of rotatable bonds is 12. The maximum atomic E-state index is 2.36. The third kappa shape index (κ3) is 8.93. The van der Waals surface area contributed by atoms with E-state index in [1.54, 1.807) is 0 Å². The van der Waals surface area contributed by atoms with Gasteiger partial charge in [-0.2, -0.15) is 0 Å². The van der Waals surface area contributed by atoms with Crippen molar-refractivity contribution in [3.63, 3.8) is 0 Å². The highest BCUT2D eigenvalue weighted by molar-refractivity contribution is 5.80. The van der Waals surface area contributed by atoms with Gasteiger partial charge in [0.1, 0.15) is 0 Å². The van der Waals surface area contributed by atoms with Gasteiger partial charge in [0, 0.05) is 34.1 Å². The van der Waals surface area contributed by atoms with E-state index in [1.807, 2.05) is 0 Å². The van der Waals surface area contributed by atoms with Crippen LogP contribution in [0.3, 0.4) is 0 Å². The average molecular weight is 739 g/mol. The van der Waals surface area contributed by atoms with Crippen LogP contribution in [0.2, 0.25) is 0 Å². The summed E-state index contributed by atoms with van der Waals surface area (Å²) in [6.45, 7) is 6.66. The van der Waals surface area contributed by atoms with Crippen LogP contribution in [0.4, 0.5) is 28.4 Å². The minimum atomic E-state index is 0.509. The number of allylic oxidation sites excluding steroid dienone is 5. The van der Waals surface area contributed by atoms with Crippen molar-refractivity contribution in [2.75, 3.05) is 9.80 Å². The highest BCUT2D eigenvalue weighted by Crippen LogP contribution is 2.38. The Labute approximate surface area is 339 Å². The maximum Gasteiger partial charge on any atom is 0.0464 e. The van der Waals surface area contributed by atoms with Gasteiger partial charge < -0.3 is 9.80 Å². The molecule has 0 amide bonds. The molecule has 8 rings (SSSR count). The van der Waals surface area contributed by atoms with Crippen molar-refractivity contribution in [1.29, 1.82) is 0 Å². The quantitative estimate of drug-likeness (QED) is 0.123. The highest BCUT2D eigenvalue weighted by Gasteiger charge is 2.16. The molecule has 1 aliphatic carbocycles. The van der Waals surface area contributed by atoms with E-state index in [0.29, 0.717) is 5.92 Å². The van der Waals surface area contributed by atoms with E-state index in [1.165, 1.54) is 50.2 Å². The minimum absolute atomic E-state index is 0.509. The van der Waals surface area contributed by atoms with Crippen LogP contribution in [0.5, 0.6) is 0 Å². The van der Waals surface area contributed by atoms with Gasteiger partial charge in [-0.25, -0.2) is 0 Å². The van der Waals surface area contributed by atoms with Gasteiger partial charge in [-0.3, -0.25) is 0 Å². The highest BCUT2D eigenvalue weighted by atomic mass is 15.1. The Morgan fingerprint density at radius 2 is 0.982 bits per heavy atom. The predicted octanol–water partition coefficient (Wildman–Crippen LogP) is 15.5. The topological polar surface area (TPSA) is 6.48 Å². The Hall–Kier alpha value is -6.64. The second-order valence-corrected chi connectivity index (χ2v) is 15.2. The second kappa shape index (κ2) is 17.4. The molecule has 0 spiro atoms. The van der Waals surface area contributed by atoms with Gasteiger partial charge in [0.25, 0.3) is 0 Å². The normalized spacial score (nSPS) is 13.0. The van der Waals surface area contributed by atoms with Crippen molar-refractivity contribution < 1.29 is 0 Å². The molecule has 1 unspecified atom stereocenters. The largest absolute Gasteiger partial charge is 0.311 e. The third-order valence-corrected chi connectivity index (χ3v) is 11.0. The first-order valence-corrected chi connectivity index (χ1v) is 20.2. The average Bonchev–Trinajstić information content (AvgIpc) is 3.48. The molecule has 0 N–H and O–H groups in total. The van der Waals surface area contributed by atoms with Gasteiger partial charge >= 0.3 is 0 Å². The molecule has 0 heterocycles. The van der Waals surface area contributed by atoms with Gasteiger partial charge in [-0.05, 0) is 150 Å². The van der Waals surface area contributed by atoms with E-state index in [-0.39, 0.29) is 0 Å². The molecule has 57 heavy (non-hydrogen) atoms. The Bertz CT molecular complexity index is 2470. The SMILES string of the molecule is CC1=CC(N(c2ccc(-c3ccc(N(c4ccccc4)c4ccc(-c5ccc(C(C)CCc6ccccc6)cc5)cc4)cc3)cc2)c2cccc(C)c2)=CCC=C1. The molecule has 280 valence electrons. The van der Waals surface area contributed by atoms with Crippen LogP contribution in [0.15, 0.2) is 218 Å². The number of nitrogens with zero attached hydrogens (tertiary/aromatic N) is 2. The Kier molecular flexibility index (Phi) is 11.4. The fraction of sp³-hybridized carbons (Fsp3) is 0.127. The molecular weight excluding hydrogens is 689 g/mol. The van der Waals surface area contributed by atoms with Crippen LogP contribution >= 0.6 is 0 Å². The lowest BCUT2D eigenvalue weighted by molar-refractivity contribution is 0.680. The van der Waals surface area contributed by atoms with Crippen molar-refractivity contribution in [1.82, 2.24) is 0 Å². The van der Waals surface area contributed by atoms with E-state index in [4.69, 9.17) is 0 Å². The summed E-state index contributed by atoms with van der Waals surface area (Å²) in [5, 5.41) is 0. The van der Waals surface area contributed by atoms with Gasteiger partial charge in [0.05, 0.1) is 0 Å². The van der Waals surface area contributed by atoms with Crippen molar-refractivity contribution in [3.8, 4) is 22.3 Å². The molecule has 0 bridgehead atoms. The van der Waals surface area contributed by atoms with Crippen molar-refractivity contribution >= 4 is 28.4 Å². The lowest BCUT2D eigenvalue weighted by atomic mass is 9.92. The third-order valence-electron chi connectivity index (χ3n) is 11.0. The van der Waals surface area contributed by atoms with Crippen molar-refractivity contribution in [3.05, 3.63) is 234 Å². The van der Waals surface area contributed by atoms with Gasteiger partial charge in [-0.15, -0.1) is 0 Å². The number of anilines is 5. The zero-order valence-corrected chi connectivity index (χ0v) is 33.2. The molecular formula is C55H50N2. The Balaban J connectivity index is 1.01. The first-order chi connectivity index (χ1) is 28.0. The van der Waals surface area contributed by atoms with Crippen molar-refractivity contribution in [2.24, 2.45) is 0 Å². The van der Waals surface area contributed by atoms with Crippen LogP contribution in [0.1, 0.15) is 49.3 Å². The van der Waals surface area contributed by atoms with Crippen LogP contribution < -0.4 is 9.80 Å². The molecule has 1 aliphatic rings. The smallest absolute Gasteiger partial charge is 0.0464 e. The predicted molar refractivity (Wildman–Crippen MR) is 244 cm³/mol. The molecule has 2 heteroatoms. The Morgan fingerprint density at radius 3 is 1.54 bits per heavy atom. The summed E-state index contributed by atoms with van der Waals surface area (Å²) in [5.74, 6) is 0.509. The summed E-state index contributed by atoms with van der Waals surface area (Å²) in [6, 6.07) is 66.2. The van der Waals surface area contributed by atoms with E-state index in [9.17, 15) is 0 Å². The molecule has 2 nitrogen and oxygen atoms in total. The van der Waals surface area contributed by atoms with Crippen LogP contribution in [-0.2, 0) is 6.42 Å². The van der Waals surface area contributed by atoms with Gasteiger partial charge in [-0.1, -0.05) is 146 Å². The summed E-state index contributed by atoms with van der Waals surface area (Å²) >= 11 is 0. The van der Waals surface area contributed by atoms with E-state index < -0.39 is 0 Å². The van der Waals surface area contributed by atoms with Crippen molar-refractivity contribution in [2.45, 2.75) is 46.0 Å². The van der Waals surface area contributed by atoms with Crippen LogP contribution in [-0.4, -0.2) is 0 Å². The number of aryl methyl sites for hydroxylation is 2. The molecule has 1 atom stereocenters. The van der Waals surface area contributed by atoms with E-state index in [2.05, 4.69) is 237 Å². The monoisotopic (exact) mass is 738 g/mol. The summed E-state index contributed by atoms with van der Waals surface area (Å²) < 4.78 is 0. The fourth-order valence-electron chi connectivity index (χ4n) is 7.78. The molecule has 0 radical (unpaired) electrons. The number of hydrogen-bond donors (Lipinski definition) is 0. The molecule has 0 aliphatic heterocycles. The van der Waals surface area contributed by atoms with E-state index >= 15 is 0 Å². The fourth-order valence-corrected chi connectivity index (χ4v) is 7.78. The second-order valence-electron chi connectivity index (χ2n) is 15.2. The number of benzene rings is 7. The standard InChI is InChI=1S/C55H50N2/c1-41-13-10-11-19-54(39-41)57(55-20-12-14-42(2)40-55)53-37-31-49(32-38-53)48-29-35-52(36-30-48)56(50-17-8-5-9-18-50)51-33-27-47(28-34-51)46-25-23-45(24-26-46)43(3)21-22-44-15-6-4-7-16-44/h4-10,12-20,23-40,43H,11,21-22H2,1-3H3. The Morgan fingerprint density at radius 1 is 0.491 bits per heavy atom. The molecule has 0 fully saturated rings. The summed E-state index contributed by atoms with van der Waals surface area (Å²) in [4.78, 5) is 4.70. The number of para-hydroxylation sites is 1. The zero-order valence-electron chi connectivity index (χ0n) is 33.2. The lowest BCUT2D eigenvalue weighted by Gasteiger charge is -2.27. The minimum Gasteiger partial charge on any atom is -0.311 e. The summed E-state index contributed by atoms with van der Waals surface area (Å²) in [5.41, 5.74) is 17.0. The molecule has 7 aromatic rings. The van der Waals surface area contributed by atoms with Crippen LogP contribution in [0, 0.1) is 6.92 Å². The molecule has 0 aromatic heterocycles. The molecule has 0 saturated heterocycles. The molecule has 0 saturated carbocycles. The zero-order chi connectivity index (χ0) is 39.0. The molecule has 7 aromatic carbocycles. The summed E-state index contributed by atoms with van der Waals surface area (Å²) in [7, 11) is 0. The van der Waals surface area contributed by atoms with Gasteiger partial charge in [0.15, 0.2) is 0 Å². The van der Waals surface area contributed by atoms with Gasteiger partial charge in [0.2, 0.25) is 0 Å². The summed E-state index contributed by atoms with van der Waals surface area (Å²) in [6.07, 6.45) is 12.2. The van der Waals surface area contributed by atoms with Crippen LogP contribution in [0.25, 0.3) is 22.3 Å². The number of hydrogen-bond acceptors (Lipinski definition) is 2. The maximum absolute atomic E-state index is 2.36. The lowest BCUT2D eigenvalue weighted by Crippen LogP contribution is -2.15. The first-order valence-electron chi connectivity index (χ1n) is 20.2. The van der Waals surface area contributed by atoms with E-state index in [0.717, 1.165) is 47.7 Å².